The fraction of sp³-hybridized carbons (Fsp3) is 0.379. The molecule has 30 heavy (non-hydrogen) atoms. The zero-order valence-corrected chi connectivity index (χ0v) is 18.6. The molecular formula is C29H35N. The van der Waals surface area contributed by atoms with Crippen LogP contribution in [0.2, 0.25) is 0 Å². The molecule has 1 nitrogen and oxygen atoms in total. The van der Waals surface area contributed by atoms with Gasteiger partial charge in [0.25, 0.3) is 0 Å². The van der Waals surface area contributed by atoms with E-state index in [-0.39, 0.29) is 0 Å². The lowest BCUT2D eigenvalue weighted by atomic mass is 9.87. The minimum atomic E-state index is 0.574. The summed E-state index contributed by atoms with van der Waals surface area (Å²) in [6.07, 6.45) is 7.25. The average Bonchev–Trinajstić information content (AvgIpc) is 3.14. The summed E-state index contributed by atoms with van der Waals surface area (Å²) < 4.78 is 0. The van der Waals surface area contributed by atoms with E-state index in [1.54, 1.807) is 11.1 Å². The second kappa shape index (κ2) is 10.1. The number of hydrogen-bond donors (Lipinski definition) is 0. The molecule has 0 spiro atoms. The monoisotopic (exact) mass is 397 g/mol. The topological polar surface area (TPSA) is 3.24 Å². The van der Waals surface area contributed by atoms with Gasteiger partial charge in [0.15, 0.2) is 0 Å². The Hall–Kier alpha value is -2.38. The highest BCUT2D eigenvalue weighted by Gasteiger charge is 2.34. The second-order valence-electron chi connectivity index (χ2n) is 8.90. The van der Waals surface area contributed by atoms with Crippen LogP contribution in [0.1, 0.15) is 59.9 Å². The van der Waals surface area contributed by atoms with Crippen LogP contribution in [-0.4, -0.2) is 24.5 Å². The molecule has 1 aliphatic carbocycles. The fourth-order valence-corrected chi connectivity index (χ4v) is 5.12. The molecule has 2 unspecified atom stereocenters. The van der Waals surface area contributed by atoms with Crippen LogP contribution in [0.3, 0.4) is 0 Å². The van der Waals surface area contributed by atoms with Crippen molar-refractivity contribution in [3.05, 3.63) is 107 Å². The first-order valence-electron chi connectivity index (χ1n) is 11.6. The lowest BCUT2D eigenvalue weighted by Crippen LogP contribution is -2.36. The number of nitrogens with zero attached hydrogens (tertiary/aromatic N) is 1. The minimum absolute atomic E-state index is 0.574. The Morgan fingerprint density at radius 1 is 0.800 bits per heavy atom. The molecule has 0 aromatic heterocycles. The first-order valence-corrected chi connectivity index (χ1v) is 11.6. The molecule has 156 valence electrons. The maximum absolute atomic E-state index is 2.64. The van der Waals surface area contributed by atoms with Crippen LogP contribution in [-0.2, 0) is 19.3 Å². The molecule has 0 fully saturated rings. The summed E-state index contributed by atoms with van der Waals surface area (Å²) in [5.74, 6) is 0.574. The van der Waals surface area contributed by atoms with Gasteiger partial charge in [-0.3, -0.25) is 0 Å². The molecule has 1 heteroatoms. The van der Waals surface area contributed by atoms with Crippen molar-refractivity contribution in [1.29, 1.82) is 0 Å². The van der Waals surface area contributed by atoms with Gasteiger partial charge in [-0.2, -0.15) is 0 Å². The lowest BCUT2D eigenvalue weighted by molar-refractivity contribution is 0.215. The molecule has 4 rings (SSSR count). The predicted molar refractivity (Wildman–Crippen MR) is 128 cm³/mol. The third-order valence-corrected chi connectivity index (χ3v) is 6.82. The van der Waals surface area contributed by atoms with Gasteiger partial charge in [0.1, 0.15) is 0 Å². The molecule has 3 aromatic carbocycles. The largest absolute Gasteiger partial charge is 0.302 e. The van der Waals surface area contributed by atoms with Crippen molar-refractivity contribution < 1.29 is 0 Å². The van der Waals surface area contributed by atoms with Crippen LogP contribution in [0, 0.1) is 0 Å². The van der Waals surface area contributed by atoms with Crippen LogP contribution in [0.5, 0.6) is 0 Å². The van der Waals surface area contributed by atoms with E-state index in [1.807, 2.05) is 0 Å². The zero-order valence-electron chi connectivity index (χ0n) is 18.6. The number of hydrogen-bond acceptors (Lipinski definition) is 1. The number of unbranched alkanes of at least 4 members (excludes halogenated alkanes) is 2. The highest BCUT2D eigenvalue weighted by Crippen LogP contribution is 2.39. The van der Waals surface area contributed by atoms with Crippen molar-refractivity contribution in [2.45, 2.75) is 57.4 Å². The van der Waals surface area contributed by atoms with Gasteiger partial charge in [0.2, 0.25) is 0 Å². The molecule has 0 radical (unpaired) electrons. The fourth-order valence-electron chi connectivity index (χ4n) is 5.12. The molecule has 1 aliphatic rings. The second-order valence-corrected chi connectivity index (χ2v) is 8.90. The smallest absolute Gasteiger partial charge is 0.0205 e. The third kappa shape index (κ3) is 4.84. The van der Waals surface area contributed by atoms with E-state index < -0.39 is 0 Å². The molecule has 0 bridgehead atoms. The molecule has 0 aliphatic heterocycles. The molecule has 0 saturated carbocycles. The van der Waals surface area contributed by atoms with E-state index in [0.29, 0.717) is 12.0 Å². The van der Waals surface area contributed by atoms with Gasteiger partial charge >= 0.3 is 0 Å². The first-order chi connectivity index (χ1) is 14.8. The molecule has 0 heterocycles. The molecular weight excluding hydrogens is 362 g/mol. The SMILES string of the molecule is CCCCCN(C)C1Cc2ccccc2C1Cc1ccccc1Cc1ccccc1. The number of rotatable bonds is 9. The van der Waals surface area contributed by atoms with Crippen LogP contribution >= 0.6 is 0 Å². The van der Waals surface area contributed by atoms with E-state index in [4.69, 9.17) is 0 Å². The Morgan fingerprint density at radius 3 is 2.30 bits per heavy atom. The van der Waals surface area contributed by atoms with E-state index in [2.05, 4.69) is 97.7 Å². The quantitative estimate of drug-likeness (QED) is 0.365. The van der Waals surface area contributed by atoms with Crippen molar-refractivity contribution >= 4 is 0 Å². The van der Waals surface area contributed by atoms with Gasteiger partial charge < -0.3 is 4.90 Å². The summed E-state index contributed by atoms with van der Waals surface area (Å²) in [7, 11) is 2.34. The Labute approximate surface area is 182 Å². The maximum atomic E-state index is 2.64. The lowest BCUT2D eigenvalue weighted by Gasteiger charge is -2.31. The van der Waals surface area contributed by atoms with Crippen LogP contribution < -0.4 is 0 Å². The van der Waals surface area contributed by atoms with Crippen molar-refractivity contribution in [1.82, 2.24) is 4.90 Å². The summed E-state index contributed by atoms with van der Waals surface area (Å²) >= 11 is 0. The van der Waals surface area contributed by atoms with Crippen LogP contribution in [0.4, 0.5) is 0 Å². The van der Waals surface area contributed by atoms with Crippen molar-refractivity contribution in [2.24, 2.45) is 0 Å². The van der Waals surface area contributed by atoms with Crippen molar-refractivity contribution in [2.75, 3.05) is 13.6 Å². The van der Waals surface area contributed by atoms with E-state index in [0.717, 1.165) is 12.8 Å². The molecule has 0 amide bonds. The Kier molecular flexibility index (Phi) is 7.02. The Balaban J connectivity index is 1.58. The van der Waals surface area contributed by atoms with Gasteiger partial charge in [-0.1, -0.05) is 98.6 Å². The van der Waals surface area contributed by atoms with Gasteiger partial charge in [-0.25, -0.2) is 0 Å². The molecule has 3 aromatic rings. The Morgan fingerprint density at radius 2 is 1.50 bits per heavy atom. The summed E-state index contributed by atoms with van der Waals surface area (Å²) in [6.45, 7) is 3.49. The number of fused-ring (bicyclic) bond motifs is 1. The standard InChI is InChI=1S/C29H35N/c1-3-4-12-19-30(2)29-22-26-17-10-11-18-27(26)28(29)21-25-16-9-8-15-24(25)20-23-13-6-5-7-14-23/h5-11,13-18,28-29H,3-4,12,19-22H2,1-2H3. The summed E-state index contributed by atoms with van der Waals surface area (Å²) in [5, 5.41) is 0. The van der Waals surface area contributed by atoms with Gasteiger partial charge in [-0.05, 0) is 67.1 Å². The average molecular weight is 398 g/mol. The first kappa shape index (κ1) is 20.9. The van der Waals surface area contributed by atoms with Crippen molar-refractivity contribution in [3.8, 4) is 0 Å². The van der Waals surface area contributed by atoms with E-state index in [9.17, 15) is 0 Å². The van der Waals surface area contributed by atoms with Gasteiger partial charge in [0.05, 0.1) is 0 Å². The Bertz CT molecular complexity index is 930. The third-order valence-electron chi connectivity index (χ3n) is 6.82. The van der Waals surface area contributed by atoms with E-state index >= 15 is 0 Å². The normalized spacial score (nSPS) is 18.0. The highest BCUT2D eigenvalue weighted by molar-refractivity contribution is 5.41. The predicted octanol–water partition coefficient (Wildman–Crippen LogP) is 6.65. The number of benzene rings is 3. The van der Waals surface area contributed by atoms with Gasteiger partial charge in [-0.15, -0.1) is 0 Å². The van der Waals surface area contributed by atoms with Crippen molar-refractivity contribution in [3.63, 3.8) is 0 Å². The highest BCUT2D eigenvalue weighted by atomic mass is 15.1. The molecule has 2 atom stereocenters. The summed E-state index contributed by atoms with van der Waals surface area (Å²) in [6, 6.07) is 29.7. The summed E-state index contributed by atoms with van der Waals surface area (Å²) in [4.78, 5) is 2.64. The summed E-state index contributed by atoms with van der Waals surface area (Å²) in [5.41, 5.74) is 7.50. The zero-order chi connectivity index (χ0) is 20.8. The minimum Gasteiger partial charge on any atom is -0.302 e. The van der Waals surface area contributed by atoms with Crippen LogP contribution in [0.15, 0.2) is 78.9 Å². The number of likely N-dealkylation sites (N-methyl/N-ethyl adjacent to an activating group) is 1. The van der Waals surface area contributed by atoms with E-state index in [1.165, 1.54) is 48.9 Å². The maximum Gasteiger partial charge on any atom is 0.0205 e. The van der Waals surface area contributed by atoms with Crippen LogP contribution in [0.25, 0.3) is 0 Å². The van der Waals surface area contributed by atoms with Gasteiger partial charge in [0, 0.05) is 12.0 Å². The molecule has 0 saturated heterocycles. The molecule has 0 N–H and O–H groups in total.